The van der Waals surface area contributed by atoms with Crippen LogP contribution in [0, 0.1) is 0 Å². The zero-order valence-corrected chi connectivity index (χ0v) is 12.5. The van der Waals surface area contributed by atoms with Crippen molar-refractivity contribution < 1.29 is 14.6 Å². The molecule has 0 saturated heterocycles. The summed E-state index contributed by atoms with van der Waals surface area (Å²) in [5.41, 5.74) is 4.34. The largest absolute Gasteiger partial charge is 0.497 e. The van der Waals surface area contributed by atoms with Crippen molar-refractivity contribution in [2.75, 3.05) is 7.11 Å². The molecule has 5 heteroatoms. The second kappa shape index (κ2) is 7.38. The normalized spacial score (nSPS) is 12.6. The fourth-order valence-electron chi connectivity index (χ4n) is 1.90. The third-order valence-electron chi connectivity index (χ3n) is 3.18. The smallest absolute Gasteiger partial charge is 0.273 e. The summed E-state index contributed by atoms with van der Waals surface area (Å²) in [5, 5.41) is 14.0. The summed E-state index contributed by atoms with van der Waals surface area (Å²) in [6.07, 6.45) is -1.25. The topological polar surface area (TPSA) is 70.9 Å². The average molecular weight is 298 g/mol. The van der Waals surface area contributed by atoms with Crippen LogP contribution in [0.3, 0.4) is 0 Å². The molecule has 0 spiro atoms. The molecule has 2 aromatic carbocycles. The van der Waals surface area contributed by atoms with Gasteiger partial charge < -0.3 is 9.84 Å². The van der Waals surface area contributed by atoms with E-state index in [9.17, 15) is 9.90 Å². The van der Waals surface area contributed by atoms with Crippen molar-refractivity contribution in [3.8, 4) is 5.75 Å². The minimum Gasteiger partial charge on any atom is -0.497 e. The van der Waals surface area contributed by atoms with Gasteiger partial charge in [0.25, 0.3) is 5.91 Å². The number of hydrogen-bond donors (Lipinski definition) is 2. The summed E-state index contributed by atoms with van der Waals surface area (Å²) in [5.74, 6) is 0.135. The van der Waals surface area contributed by atoms with Crippen LogP contribution in [0.2, 0.25) is 0 Å². The standard InChI is InChI=1S/C17H18N2O3/c1-12(14-9-6-10-15(11-14)22-2)18-19-17(21)16(20)13-7-4-3-5-8-13/h3-11,16,20H,1-2H3,(H,19,21). The van der Waals surface area contributed by atoms with Crippen molar-refractivity contribution >= 4 is 11.6 Å². The van der Waals surface area contributed by atoms with Gasteiger partial charge in [-0.15, -0.1) is 0 Å². The number of rotatable bonds is 5. The highest BCUT2D eigenvalue weighted by atomic mass is 16.5. The lowest BCUT2D eigenvalue weighted by molar-refractivity contribution is -0.129. The van der Waals surface area contributed by atoms with Gasteiger partial charge in [0.15, 0.2) is 6.10 Å². The number of nitrogens with one attached hydrogen (secondary N) is 1. The number of amides is 1. The Bertz CT molecular complexity index is 669. The van der Waals surface area contributed by atoms with Gasteiger partial charge in [-0.05, 0) is 24.6 Å². The summed E-state index contributed by atoms with van der Waals surface area (Å²) < 4.78 is 5.14. The summed E-state index contributed by atoms with van der Waals surface area (Å²) >= 11 is 0. The Kier molecular flexibility index (Phi) is 5.27. The highest BCUT2D eigenvalue weighted by molar-refractivity contribution is 5.99. The van der Waals surface area contributed by atoms with E-state index in [1.807, 2.05) is 30.3 Å². The monoisotopic (exact) mass is 298 g/mol. The molecule has 0 aromatic heterocycles. The Balaban J connectivity index is 2.05. The minimum atomic E-state index is -1.25. The van der Waals surface area contributed by atoms with Crippen molar-refractivity contribution in [2.45, 2.75) is 13.0 Å². The second-order valence-corrected chi connectivity index (χ2v) is 4.72. The van der Waals surface area contributed by atoms with Crippen LogP contribution < -0.4 is 10.2 Å². The maximum atomic E-state index is 11.9. The van der Waals surface area contributed by atoms with E-state index < -0.39 is 12.0 Å². The first kappa shape index (κ1) is 15.7. The number of methoxy groups -OCH3 is 1. The van der Waals surface area contributed by atoms with Crippen LogP contribution in [0.5, 0.6) is 5.75 Å². The molecular formula is C17H18N2O3. The van der Waals surface area contributed by atoms with Crippen LogP contribution in [-0.4, -0.2) is 23.8 Å². The Morgan fingerprint density at radius 1 is 1.18 bits per heavy atom. The third kappa shape index (κ3) is 3.93. The van der Waals surface area contributed by atoms with Crippen molar-refractivity contribution in [1.29, 1.82) is 0 Å². The molecule has 1 unspecified atom stereocenters. The van der Waals surface area contributed by atoms with E-state index >= 15 is 0 Å². The van der Waals surface area contributed by atoms with Crippen molar-refractivity contribution in [3.63, 3.8) is 0 Å². The second-order valence-electron chi connectivity index (χ2n) is 4.72. The summed E-state index contributed by atoms with van der Waals surface area (Å²) in [6.45, 7) is 1.77. The molecule has 0 saturated carbocycles. The maximum absolute atomic E-state index is 11.9. The Morgan fingerprint density at radius 2 is 1.91 bits per heavy atom. The van der Waals surface area contributed by atoms with E-state index in [0.29, 0.717) is 17.0 Å². The van der Waals surface area contributed by atoms with Crippen molar-refractivity contribution in [1.82, 2.24) is 5.43 Å². The SMILES string of the molecule is COc1cccc(C(C)=NNC(=O)C(O)c2ccccc2)c1. The van der Waals surface area contributed by atoms with Crippen molar-refractivity contribution in [2.24, 2.45) is 5.10 Å². The third-order valence-corrected chi connectivity index (χ3v) is 3.18. The lowest BCUT2D eigenvalue weighted by atomic mass is 10.1. The van der Waals surface area contributed by atoms with Gasteiger partial charge in [0.1, 0.15) is 5.75 Å². The van der Waals surface area contributed by atoms with Crippen LogP contribution in [0.25, 0.3) is 0 Å². The van der Waals surface area contributed by atoms with Gasteiger partial charge in [-0.25, -0.2) is 5.43 Å². The number of carbonyl (C=O) groups excluding carboxylic acids is 1. The highest BCUT2D eigenvalue weighted by Crippen LogP contribution is 2.14. The summed E-state index contributed by atoms with van der Waals surface area (Å²) in [7, 11) is 1.59. The molecule has 0 aliphatic rings. The summed E-state index contributed by atoms with van der Waals surface area (Å²) in [4.78, 5) is 11.9. The molecular weight excluding hydrogens is 280 g/mol. The predicted molar refractivity (Wildman–Crippen MR) is 84.7 cm³/mol. The van der Waals surface area contributed by atoms with Crippen LogP contribution in [0.4, 0.5) is 0 Å². The van der Waals surface area contributed by atoms with Crippen LogP contribution in [0.1, 0.15) is 24.2 Å². The molecule has 1 amide bonds. The minimum absolute atomic E-state index is 0.522. The van der Waals surface area contributed by atoms with Crippen LogP contribution >= 0.6 is 0 Å². The fraction of sp³-hybridized carbons (Fsp3) is 0.176. The van der Waals surface area contributed by atoms with Gasteiger partial charge in [-0.1, -0.05) is 42.5 Å². The number of hydrogen-bond acceptors (Lipinski definition) is 4. The number of ether oxygens (including phenoxy) is 1. The zero-order chi connectivity index (χ0) is 15.9. The first-order chi connectivity index (χ1) is 10.6. The highest BCUT2D eigenvalue weighted by Gasteiger charge is 2.16. The van der Waals surface area contributed by atoms with E-state index in [4.69, 9.17) is 4.74 Å². The number of hydrazone groups is 1. The Morgan fingerprint density at radius 3 is 2.59 bits per heavy atom. The molecule has 0 aliphatic heterocycles. The lowest BCUT2D eigenvalue weighted by Gasteiger charge is -2.09. The quantitative estimate of drug-likeness (QED) is 0.657. The number of carbonyl (C=O) groups is 1. The summed E-state index contributed by atoms with van der Waals surface area (Å²) in [6, 6.07) is 16.1. The maximum Gasteiger partial charge on any atom is 0.273 e. The molecule has 0 bridgehead atoms. The molecule has 0 fully saturated rings. The van der Waals surface area contributed by atoms with E-state index in [1.54, 1.807) is 38.3 Å². The number of aliphatic hydroxyl groups is 1. The fourth-order valence-corrected chi connectivity index (χ4v) is 1.90. The number of aliphatic hydroxyl groups excluding tert-OH is 1. The van der Waals surface area contributed by atoms with E-state index in [2.05, 4.69) is 10.5 Å². The number of nitrogens with zero attached hydrogens (tertiary/aromatic N) is 1. The van der Waals surface area contributed by atoms with Crippen LogP contribution in [0.15, 0.2) is 59.7 Å². The molecule has 5 nitrogen and oxygen atoms in total. The van der Waals surface area contributed by atoms with Crippen LogP contribution in [-0.2, 0) is 4.79 Å². The predicted octanol–water partition coefficient (Wildman–Crippen LogP) is 2.27. The molecule has 2 rings (SSSR count). The molecule has 114 valence electrons. The molecule has 22 heavy (non-hydrogen) atoms. The van der Waals surface area contributed by atoms with Crippen molar-refractivity contribution in [3.05, 3.63) is 65.7 Å². The van der Waals surface area contributed by atoms with Gasteiger partial charge in [0.05, 0.1) is 12.8 Å². The van der Waals surface area contributed by atoms with E-state index in [0.717, 1.165) is 5.56 Å². The molecule has 2 N–H and O–H groups in total. The molecule has 0 heterocycles. The lowest BCUT2D eigenvalue weighted by Crippen LogP contribution is -2.26. The molecule has 0 aliphatic carbocycles. The Hall–Kier alpha value is -2.66. The zero-order valence-electron chi connectivity index (χ0n) is 12.5. The van der Waals surface area contributed by atoms with E-state index in [-0.39, 0.29) is 0 Å². The van der Waals surface area contributed by atoms with Gasteiger partial charge in [-0.3, -0.25) is 4.79 Å². The molecule has 2 aromatic rings. The molecule has 1 atom stereocenters. The molecule has 0 radical (unpaired) electrons. The van der Waals surface area contributed by atoms with Gasteiger partial charge in [0, 0.05) is 5.56 Å². The first-order valence-corrected chi connectivity index (χ1v) is 6.83. The van der Waals surface area contributed by atoms with E-state index in [1.165, 1.54) is 0 Å². The first-order valence-electron chi connectivity index (χ1n) is 6.83. The van der Waals surface area contributed by atoms with Gasteiger partial charge in [-0.2, -0.15) is 5.10 Å². The van der Waals surface area contributed by atoms with Gasteiger partial charge >= 0.3 is 0 Å². The number of benzene rings is 2. The Labute approximate surface area is 129 Å². The van der Waals surface area contributed by atoms with Gasteiger partial charge in [0.2, 0.25) is 0 Å². The average Bonchev–Trinajstić information content (AvgIpc) is 2.59.